The number of anilines is 1. The number of carbonyl (C=O) groups excluding carboxylic acids is 1. The van der Waals surface area contributed by atoms with Gasteiger partial charge in [-0.2, -0.15) is 0 Å². The molecule has 1 saturated carbocycles. The summed E-state index contributed by atoms with van der Waals surface area (Å²) in [7, 11) is 1.65. The van der Waals surface area contributed by atoms with E-state index in [4.69, 9.17) is 16.3 Å². The van der Waals surface area contributed by atoms with Crippen LogP contribution in [0.2, 0.25) is 5.02 Å². The fourth-order valence-electron chi connectivity index (χ4n) is 5.41. The second-order valence-corrected chi connectivity index (χ2v) is 9.32. The number of halogens is 1. The Labute approximate surface area is 193 Å². The molecular weight excluding hydrogens is 422 g/mol. The average molecular weight is 448 g/mol. The molecule has 1 atom stereocenters. The summed E-state index contributed by atoms with van der Waals surface area (Å²) >= 11 is 6.03. The number of methoxy groups -OCH3 is 1. The van der Waals surface area contributed by atoms with Crippen LogP contribution in [0.15, 0.2) is 78.9 Å². The van der Waals surface area contributed by atoms with Crippen LogP contribution >= 0.6 is 11.6 Å². The summed E-state index contributed by atoms with van der Waals surface area (Å²) in [4.78, 5) is 15.6. The maximum atomic E-state index is 13.6. The van der Waals surface area contributed by atoms with Crippen molar-refractivity contribution in [3.8, 4) is 5.75 Å². The third-order valence-corrected chi connectivity index (χ3v) is 7.50. The molecule has 0 radical (unpaired) electrons. The van der Waals surface area contributed by atoms with Crippen LogP contribution in [0.1, 0.15) is 42.9 Å². The summed E-state index contributed by atoms with van der Waals surface area (Å²) in [5.74, 6) is 0.933. The second kappa shape index (κ2) is 7.95. The first kappa shape index (κ1) is 21.0. The Balaban J connectivity index is 1.48. The molecule has 1 saturated heterocycles. The van der Waals surface area contributed by atoms with Crippen molar-refractivity contribution < 1.29 is 14.6 Å². The van der Waals surface area contributed by atoms with E-state index in [-0.39, 0.29) is 11.9 Å². The predicted molar refractivity (Wildman–Crippen MR) is 126 cm³/mol. The van der Waals surface area contributed by atoms with E-state index in [1.165, 1.54) is 0 Å². The molecule has 32 heavy (non-hydrogen) atoms. The highest BCUT2D eigenvalue weighted by Gasteiger charge is 2.63. The number of amides is 1. The van der Waals surface area contributed by atoms with Gasteiger partial charge in [0.05, 0.1) is 24.2 Å². The smallest absolute Gasteiger partial charge is 0.236 e. The largest absolute Gasteiger partial charge is 0.497 e. The van der Waals surface area contributed by atoms with Crippen LogP contribution in [0, 0.1) is 5.41 Å². The van der Waals surface area contributed by atoms with Gasteiger partial charge in [-0.25, -0.2) is 0 Å². The number of nitrogens with zero attached hydrogens (tertiary/aromatic N) is 1. The molecule has 164 valence electrons. The van der Waals surface area contributed by atoms with Crippen molar-refractivity contribution >= 4 is 23.2 Å². The number of β-lactam (4-membered cyclic amide) rings is 1. The number of rotatable bonds is 4. The summed E-state index contributed by atoms with van der Waals surface area (Å²) in [5, 5.41) is 12.0. The van der Waals surface area contributed by atoms with Gasteiger partial charge >= 0.3 is 0 Å². The fraction of sp³-hybridized carbons (Fsp3) is 0.296. The monoisotopic (exact) mass is 447 g/mol. The zero-order valence-electron chi connectivity index (χ0n) is 18.0. The first-order valence-electron chi connectivity index (χ1n) is 11.0. The Bertz CT molecular complexity index is 1100. The van der Waals surface area contributed by atoms with E-state index in [0.717, 1.165) is 22.6 Å². The van der Waals surface area contributed by atoms with Crippen molar-refractivity contribution in [1.29, 1.82) is 0 Å². The molecule has 3 aromatic rings. The Morgan fingerprint density at radius 2 is 1.53 bits per heavy atom. The molecule has 5 heteroatoms. The fourth-order valence-corrected chi connectivity index (χ4v) is 5.54. The molecule has 2 fully saturated rings. The van der Waals surface area contributed by atoms with Crippen LogP contribution in [-0.2, 0) is 10.4 Å². The maximum Gasteiger partial charge on any atom is 0.236 e. The van der Waals surface area contributed by atoms with Gasteiger partial charge < -0.3 is 14.7 Å². The molecule has 1 heterocycles. The van der Waals surface area contributed by atoms with Gasteiger partial charge in [0.1, 0.15) is 5.75 Å². The number of aliphatic hydroxyl groups is 1. The van der Waals surface area contributed by atoms with Crippen molar-refractivity contribution in [2.24, 2.45) is 5.41 Å². The predicted octanol–water partition coefficient (Wildman–Crippen LogP) is 5.88. The third-order valence-electron chi connectivity index (χ3n) is 7.24. The third kappa shape index (κ3) is 3.30. The van der Waals surface area contributed by atoms with Crippen LogP contribution in [0.4, 0.5) is 5.69 Å². The average Bonchev–Trinajstić information content (AvgIpc) is 2.84. The van der Waals surface area contributed by atoms with E-state index in [2.05, 4.69) is 0 Å². The first-order valence-corrected chi connectivity index (χ1v) is 11.4. The number of hydrogen-bond acceptors (Lipinski definition) is 3. The van der Waals surface area contributed by atoms with Gasteiger partial charge in [-0.1, -0.05) is 54.1 Å². The summed E-state index contributed by atoms with van der Waals surface area (Å²) in [6.45, 7) is 0. The number of benzene rings is 3. The molecule has 1 amide bonds. The van der Waals surface area contributed by atoms with Crippen molar-refractivity contribution in [1.82, 2.24) is 0 Å². The summed E-state index contributed by atoms with van der Waals surface area (Å²) < 4.78 is 5.33. The highest BCUT2D eigenvalue weighted by atomic mass is 35.5. The van der Waals surface area contributed by atoms with Crippen LogP contribution in [0.25, 0.3) is 0 Å². The van der Waals surface area contributed by atoms with Gasteiger partial charge in [0.2, 0.25) is 5.91 Å². The van der Waals surface area contributed by atoms with Gasteiger partial charge in [-0.05, 0) is 73.2 Å². The number of carbonyl (C=O) groups is 1. The second-order valence-electron chi connectivity index (χ2n) is 8.88. The van der Waals surface area contributed by atoms with Gasteiger partial charge in [0.25, 0.3) is 0 Å². The lowest BCUT2D eigenvalue weighted by Crippen LogP contribution is -2.65. The zero-order chi connectivity index (χ0) is 22.3. The van der Waals surface area contributed by atoms with Crippen molar-refractivity contribution in [2.75, 3.05) is 12.0 Å². The number of ether oxygens (including phenoxy) is 1. The SMILES string of the molecule is COc1ccc(C2N(c3ccccc3)C(=O)C23CCC(O)(c2ccc(Cl)cc2)CC3)cc1. The lowest BCUT2D eigenvalue weighted by Gasteiger charge is -2.59. The molecule has 4 nitrogen and oxygen atoms in total. The van der Waals surface area contributed by atoms with Crippen LogP contribution < -0.4 is 9.64 Å². The molecule has 1 aliphatic heterocycles. The van der Waals surface area contributed by atoms with E-state index in [1.807, 2.05) is 83.8 Å². The standard InChI is InChI=1S/C27H26ClNO3/c1-32-23-13-7-19(8-14-23)24-26(25(30)29(24)22-5-3-2-4-6-22)15-17-27(31,18-16-26)20-9-11-21(28)12-10-20/h2-14,24,31H,15-18H2,1H3. The molecule has 5 rings (SSSR count). The summed E-state index contributed by atoms with van der Waals surface area (Å²) in [5.41, 5.74) is 1.41. The molecule has 3 aromatic carbocycles. The van der Waals surface area contributed by atoms with Crippen molar-refractivity contribution in [3.63, 3.8) is 0 Å². The summed E-state index contributed by atoms with van der Waals surface area (Å²) in [6.07, 6.45) is 2.33. The lowest BCUT2D eigenvalue weighted by atomic mass is 9.56. The van der Waals surface area contributed by atoms with Gasteiger partial charge in [0, 0.05) is 10.7 Å². The minimum Gasteiger partial charge on any atom is -0.497 e. The van der Waals surface area contributed by atoms with Crippen molar-refractivity contribution in [3.05, 3.63) is 95.0 Å². The normalized spacial score (nSPS) is 27.3. The van der Waals surface area contributed by atoms with Gasteiger partial charge in [0.15, 0.2) is 0 Å². The van der Waals surface area contributed by atoms with E-state index in [1.54, 1.807) is 7.11 Å². The molecule has 1 N–H and O–H groups in total. The van der Waals surface area contributed by atoms with Crippen LogP contribution in [-0.4, -0.2) is 18.1 Å². The van der Waals surface area contributed by atoms with Gasteiger partial charge in [-0.15, -0.1) is 0 Å². The Kier molecular flexibility index (Phi) is 5.23. The Hall–Kier alpha value is -2.82. The highest BCUT2D eigenvalue weighted by Crippen LogP contribution is 2.61. The Morgan fingerprint density at radius 1 is 0.906 bits per heavy atom. The van der Waals surface area contributed by atoms with Gasteiger partial charge in [-0.3, -0.25) is 4.79 Å². The molecule has 1 spiro atoms. The highest BCUT2D eigenvalue weighted by molar-refractivity contribution is 6.30. The van der Waals surface area contributed by atoms with Crippen LogP contribution in [0.5, 0.6) is 5.75 Å². The van der Waals surface area contributed by atoms with Crippen LogP contribution in [0.3, 0.4) is 0 Å². The minimum absolute atomic E-state index is 0.0712. The maximum absolute atomic E-state index is 13.6. The summed E-state index contributed by atoms with van der Waals surface area (Å²) in [6, 6.07) is 25.2. The molecule has 1 unspecified atom stereocenters. The zero-order valence-corrected chi connectivity index (χ0v) is 18.8. The molecule has 0 bridgehead atoms. The van der Waals surface area contributed by atoms with E-state index >= 15 is 0 Å². The van der Waals surface area contributed by atoms with E-state index in [9.17, 15) is 9.90 Å². The van der Waals surface area contributed by atoms with E-state index < -0.39 is 11.0 Å². The quantitative estimate of drug-likeness (QED) is 0.508. The molecule has 0 aromatic heterocycles. The minimum atomic E-state index is -0.937. The van der Waals surface area contributed by atoms with E-state index in [0.29, 0.717) is 30.7 Å². The lowest BCUT2D eigenvalue weighted by molar-refractivity contribution is -0.149. The Morgan fingerprint density at radius 3 is 2.12 bits per heavy atom. The molecular formula is C27H26ClNO3. The first-order chi connectivity index (χ1) is 15.5. The molecule has 1 aliphatic carbocycles. The number of para-hydroxylation sites is 1. The van der Waals surface area contributed by atoms with Crippen molar-refractivity contribution in [2.45, 2.75) is 37.3 Å². The topological polar surface area (TPSA) is 49.8 Å². The number of hydrogen-bond donors (Lipinski definition) is 1. The molecule has 2 aliphatic rings.